The van der Waals surface area contributed by atoms with Gasteiger partial charge >= 0.3 is 0 Å². The van der Waals surface area contributed by atoms with E-state index in [4.69, 9.17) is 21.1 Å². The Balaban J connectivity index is 1.85. The van der Waals surface area contributed by atoms with E-state index in [2.05, 4.69) is 34.5 Å². The molecule has 0 spiro atoms. The van der Waals surface area contributed by atoms with Crippen molar-refractivity contribution in [3.05, 3.63) is 52.3 Å². The highest BCUT2D eigenvalue weighted by Crippen LogP contribution is 2.45. The van der Waals surface area contributed by atoms with E-state index in [1.165, 1.54) is 0 Å². The summed E-state index contributed by atoms with van der Waals surface area (Å²) in [4.78, 5) is 12.7. The fourth-order valence-electron chi connectivity index (χ4n) is 3.77. The molecule has 0 unspecified atom stereocenters. The van der Waals surface area contributed by atoms with Gasteiger partial charge in [0.2, 0.25) is 5.91 Å². The van der Waals surface area contributed by atoms with Gasteiger partial charge in [0, 0.05) is 23.5 Å². The average molecular weight is 442 g/mol. The lowest BCUT2D eigenvalue weighted by molar-refractivity contribution is -0.116. The number of hydrogen-bond donors (Lipinski definition) is 1. The molecule has 4 rings (SSSR count). The van der Waals surface area contributed by atoms with Crippen LogP contribution in [0.2, 0.25) is 5.15 Å². The number of carbonyl (C=O) groups is 1. The van der Waals surface area contributed by atoms with Crippen LogP contribution in [0, 0.1) is 12.8 Å². The number of nitrogens with zero attached hydrogens (tertiary/aromatic N) is 4. The molecule has 0 radical (unpaired) electrons. The second kappa shape index (κ2) is 8.55. The van der Waals surface area contributed by atoms with E-state index >= 15 is 0 Å². The van der Waals surface area contributed by atoms with Gasteiger partial charge in [0.15, 0.2) is 22.5 Å². The lowest BCUT2D eigenvalue weighted by atomic mass is 9.85. The van der Waals surface area contributed by atoms with Crippen molar-refractivity contribution in [1.29, 1.82) is 0 Å². The smallest absolute Gasteiger partial charge is 0.226 e. The lowest BCUT2D eigenvalue weighted by Gasteiger charge is -2.27. The first-order valence-electron chi connectivity index (χ1n) is 10.1. The Kier molecular flexibility index (Phi) is 5.82. The molecule has 162 valence electrons. The number of halogens is 1. The molecule has 1 amide bonds. The highest BCUT2D eigenvalue weighted by Gasteiger charge is 2.35. The van der Waals surface area contributed by atoms with Gasteiger partial charge in [0.1, 0.15) is 5.82 Å². The summed E-state index contributed by atoms with van der Waals surface area (Å²) in [5.41, 5.74) is 2.59. The van der Waals surface area contributed by atoms with Crippen LogP contribution in [0.3, 0.4) is 0 Å². The van der Waals surface area contributed by atoms with Crippen molar-refractivity contribution in [2.24, 2.45) is 5.92 Å². The van der Waals surface area contributed by atoms with E-state index < -0.39 is 0 Å². The predicted molar refractivity (Wildman–Crippen MR) is 117 cm³/mol. The summed E-state index contributed by atoms with van der Waals surface area (Å²) >= 11 is 5.87. The molecule has 1 aliphatic rings. The molecule has 31 heavy (non-hydrogen) atoms. The second-order valence-corrected chi connectivity index (χ2v) is 8.25. The van der Waals surface area contributed by atoms with Crippen molar-refractivity contribution in [2.75, 3.05) is 19.0 Å². The average Bonchev–Trinajstić information content (AvgIpc) is 3.08. The summed E-state index contributed by atoms with van der Waals surface area (Å²) in [6, 6.07) is 9.09. The number of ether oxygens (including phenoxy) is 2. The van der Waals surface area contributed by atoms with Gasteiger partial charge in [0.05, 0.1) is 19.4 Å². The third-order valence-corrected chi connectivity index (χ3v) is 5.30. The summed E-state index contributed by atoms with van der Waals surface area (Å²) in [6.45, 7) is 6.63. The van der Waals surface area contributed by atoms with Crippen LogP contribution in [-0.4, -0.2) is 39.6 Å². The molecular formula is C22H24ClN5O3. The molecule has 3 heterocycles. The van der Waals surface area contributed by atoms with Crippen LogP contribution in [0.15, 0.2) is 30.3 Å². The van der Waals surface area contributed by atoms with Gasteiger partial charge in [-0.3, -0.25) is 4.79 Å². The number of carbonyl (C=O) groups excluding carboxylic acids is 1. The molecule has 0 saturated carbocycles. The molecule has 1 aromatic carbocycles. The van der Waals surface area contributed by atoms with Gasteiger partial charge in [-0.15, -0.1) is 10.2 Å². The summed E-state index contributed by atoms with van der Waals surface area (Å²) in [7, 11) is 1.61. The Morgan fingerprint density at radius 3 is 2.74 bits per heavy atom. The van der Waals surface area contributed by atoms with E-state index in [-0.39, 0.29) is 23.4 Å². The number of nitrogens with one attached hydrogen (secondary N) is 1. The third kappa shape index (κ3) is 4.07. The standard InChI is InChI=1S/C22H24ClN5O3/c1-12(2)11-31-21-14(6-5-7-16(21)30-4)15-10-19(29)24-22-20(15)13(3)27-28(22)18-9-8-17(23)25-26-18/h5-9,12,15H,10-11H2,1-4H3,(H,24,29)/t15-/m0/s1. The lowest BCUT2D eigenvalue weighted by Crippen LogP contribution is -2.25. The van der Waals surface area contributed by atoms with Crippen LogP contribution in [-0.2, 0) is 4.79 Å². The van der Waals surface area contributed by atoms with E-state index in [0.29, 0.717) is 35.7 Å². The Morgan fingerprint density at radius 2 is 2.06 bits per heavy atom. The minimum Gasteiger partial charge on any atom is -0.493 e. The van der Waals surface area contributed by atoms with Crippen LogP contribution in [0.4, 0.5) is 5.82 Å². The van der Waals surface area contributed by atoms with Gasteiger partial charge in [0.25, 0.3) is 0 Å². The molecule has 1 aliphatic heterocycles. The predicted octanol–water partition coefficient (Wildman–Crippen LogP) is 4.14. The molecule has 0 saturated heterocycles. The Labute approximate surface area is 185 Å². The first-order chi connectivity index (χ1) is 14.9. The molecule has 1 atom stereocenters. The molecule has 9 heteroatoms. The SMILES string of the molecule is COc1cccc([C@@H]2CC(=O)Nc3c2c(C)nn3-c2ccc(Cl)nn2)c1OCC(C)C. The minimum absolute atomic E-state index is 0.113. The van der Waals surface area contributed by atoms with Gasteiger partial charge in [-0.25, -0.2) is 0 Å². The van der Waals surface area contributed by atoms with E-state index in [9.17, 15) is 4.79 Å². The first-order valence-corrected chi connectivity index (χ1v) is 10.5. The van der Waals surface area contributed by atoms with Crippen LogP contribution < -0.4 is 14.8 Å². The summed E-state index contributed by atoms with van der Waals surface area (Å²) < 4.78 is 13.3. The van der Waals surface area contributed by atoms with Gasteiger partial charge in [-0.1, -0.05) is 37.6 Å². The molecule has 1 N–H and O–H groups in total. The fraction of sp³-hybridized carbons (Fsp3) is 0.364. The molecule has 8 nitrogen and oxygen atoms in total. The van der Waals surface area contributed by atoms with Crippen LogP contribution in [0.1, 0.15) is 43.0 Å². The molecule has 0 fully saturated rings. The number of rotatable bonds is 6. The largest absolute Gasteiger partial charge is 0.493 e. The van der Waals surface area contributed by atoms with Crippen molar-refractivity contribution >= 4 is 23.3 Å². The van der Waals surface area contributed by atoms with Crippen molar-refractivity contribution in [3.8, 4) is 17.3 Å². The van der Waals surface area contributed by atoms with E-state index in [1.807, 2.05) is 25.1 Å². The number of fused-ring (bicyclic) bond motifs is 1. The second-order valence-electron chi connectivity index (χ2n) is 7.86. The zero-order valence-corrected chi connectivity index (χ0v) is 18.6. The van der Waals surface area contributed by atoms with E-state index in [0.717, 1.165) is 16.8 Å². The maximum Gasteiger partial charge on any atom is 0.226 e. The van der Waals surface area contributed by atoms with Gasteiger partial charge in [-0.2, -0.15) is 9.78 Å². The molecule has 0 aliphatic carbocycles. The van der Waals surface area contributed by atoms with Crippen LogP contribution >= 0.6 is 11.6 Å². The summed E-state index contributed by atoms with van der Waals surface area (Å²) in [6.07, 6.45) is 0.275. The van der Waals surface area contributed by atoms with Crippen molar-refractivity contribution in [1.82, 2.24) is 20.0 Å². The number of aryl methyl sites for hydroxylation is 1. The van der Waals surface area contributed by atoms with Crippen LogP contribution in [0.25, 0.3) is 5.82 Å². The normalized spacial score (nSPS) is 15.5. The van der Waals surface area contributed by atoms with E-state index in [1.54, 1.807) is 23.9 Å². The van der Waals surface area contributed by atoms with Crippen LogP contribution in [0.5, 0.6) is 11.5 Å². The molecular weight excluding hydrogens is 418 g/mol. The number of anilines is 1. The van der Waals surface area contributed by atoms with Gasteiger partial charge < -0.3 is 14.8 Å². The first kappa shape index (κ1) is 21.1. The number of hydrogen-bond acceptors (Lipinski definition) is 6. The third-order valence-electron chi connectivity index (χ3n) is 5.10. The number of aromatic nitrogens is 4. The molecule has 2 aromatic heterocycles. The van der Waals surface area contributed by atoms with Crippen molar-refractivity contribution in [3.63, 3.8) is 0 Å². The zero-order valence-electron chi connectivity index (χ0n) is 17.8. The molecule has 0 bridgehead atoms. The Bertz CT molecular complexity index is 1110. The van der Waals surface area contributed by atoms with Crippen molar-refractivity contribution in [2.45, 2.75) is 33.1 Å². The highest BCUT2D eigenvalue weighted by atomic mass is 35.5. The summed E-state index contributed by atoms with van der Waals surface area (Å²) in [5.74, 6) is 2.33. The topological polar surface area (TPSA) is 91.2 Å². The Morgan fingerprint density at radius 1 is 1.26 bits per heavy atom. The number of para-hydroxylation sites is 1. The highest BCUT2D eigenvalue weighted by molar-refractivity contribution is 6.29. The quantitative estimate of drug-likeness (QED) is 0.618. The maximum atomic E-state index is 12.7. The number of benzene rings is 1. The zero-order chi connectivity index (χ0) is 22.1. The van der Waals surface area contributed by atoms with Crippen molar-refractivity contribution < 1.29 is 14.3 Å². The summed E-state index contributed by atoms with van der Waals surface area (Å²) in [5, 5.41) is 15.9. The molecule has 3 aromatic rings. The maximum absolute atomic E-state index is 12.7. The number of methoxy groups -OCH3 is 1. The number of amides is 1. The van der Waals surface area contributed by atoms with Gasteiger partial charge in [-0.05, 0) is 31.0 Å². The monoisotopic (exact) mass is 441 g/mol. The Hall–Kier alpha value is -3.13. The fourth-order valence-corrected chi connectivity index (χ4v) is 3.87. The minimum atomic E-state index is -0.241.